The molecule has 0 saturated carbocycles. The number of carbonyl (C=O) groups excluding carboxylic acids is 2. The summed E-state index contributed by atoms with van der Waals surface area (Å²) in [4.78, 5) is 28.2. The van der Waals surface area contributed by atoms with Crippen LogP contribution in [0, 0.1) is 11.7 Å². The second kappa shape index (κ2) is 10.9. The van der Waals surface area contributed by atoms with Crippen molar-refractivity contribution < 1.29 is 23.5 Å². The van der Waals surface area contributed by atoms with E-state index in [9.17, 15) is 14.0 Å². The Bertz CT molecular complexity index is 1020. The molecule has 0 aliphatic carbocycles. The monoisotopic (exact) mass is 476 g/mol. The Morgan fingerprint density at radius 2 is 1.79 bits per heavy atom. The lowest BCUT2D eigenvalue weighted by atomic mass is 10.1. The quantitative estimate of drug-likeness (QED) is 0.497. The lowest BCUT2D eigenvalue weighted by molar-refractivity contribution is 0.0746. The summed E-state index contributed by atoms with van der Waals surface area (Å²) < 4.78 is 25.7. The van der Waals surface area contributed by atoms with Crippen LogP contribution in [0.4, 0.5) is 10.1 Å². The molecule has 0 radical (unpaired) electrons. The predicted molar refractivity (Wildman–Crippen MR) is 127 cm³/mol. The van der Waals surface area contributed by atoms with Crippen molar-refractivity contribution in [2.24, 2.45) is 5.92 Å². The molecule has 0 unspecified atom stereocenters. The zero-order valence-corrected chi connectivity index (χ0v) is 20.2. The summed E-state index contributed by atoms with van der Waals surface area (Å²) in [6.07, 6.45) is 0.877. The second-order valence-electron chi connectivity index (χ2n) is 8.52. The molecule has 0 bridgehead atoms. The highest BCUT2D eigenvalue weighted by atomic mass is 35.5. The molecule has 3 rings (SSSR count). The van der Waals surface area contributed by atoms with E-state index >= 15 is 0 Å². The lowest BCUT2D eigenvalue weighted by Gasteiger charge is -2.36. The van der Waals surface area contributed by atoms with Crippen molar-refractivity contribution >= 4 is 29.0 Å². The van der Waals surface area contributed by atoms with E-state index in [0.717, 1.165) is 6.42 Å². The Morgan fingerprint density at radius 3 is 2.36 bits per heavy atom. The molecular formula is C25H30ClFN2O4. The van der Waals surface area contributed by atoms with Crippen LogP contribution < -0.4 is 14.4 Å². The first-order chi connectivity index (χ1) is 15.7. The minimum atomic E-state index is -0.438. The third-order valence-electron chi connectivity index (χ3n) is 5.68. The molecule has 33 heavy (non-hydrogen) atoms. The van der Waals surface area contributed by atoms with Crippen molar-refractivity contribution in [3.05, 3.63) is 52.3 Å². The number of methoxy groups -OCH3 is 1. The summed E-state index contributed by atoms with van der Waals surface area (Å²) in [5.74, 6) is 0.561. The maximum absolute atomic E-state index is 14.5. The number of nitrogens with zero attached hydrogens (tertiary/aromatic N) is 2. The number of ketones is 1. The Kier molecular flexibility index (Phi) is 8.19. The van der Waals surface area contributed by atoms with Gasteiger partial charge in [0, 0.05) is 37.3 Å². The van der Waals surface area contributed by atoms with Gasteiger partial charge in [-0.05, 0) is 49.6 Å². The average Bonchev–Trinajstić information content (AvgIpc) is 2.79. The van der Waals surface area contributed by atoms with Crippen LogP contribution in [0.25, 0.3) is 0 Å². The molecule has 1 heterocycles. The molecule has 2 aromatic carbocycles. The van der Waals surface area contributed by atoms with Crippen molar-refractivity contribution in [1.82, 2.24) is 4.90 Å². The van der Waals surface area contributed by atoms with Crippen molar-refractivity contribution in [3.63, 3.8) is 0 Å². The van der Waals surface area contributed by atoms with Gasteiger partial charge >= 0.3 is 0 Å². The van der Waals surface area contributed by atoms with Gasteiger partial charge in [-0.3, -0.25) is 9.59 Å². The van der Waals surface area contributed by atoms with Gasteiger partial charge in [0.2, 0.25) is 0 Å². The molecule has 1 aliphatic rings. The van der Waals surface area contributed by atoms with E-state index in [1.165, 1.54) is 20.1 Å². The molecular weight excluding hydrogens is 447 g/mol. The average molecular weight is 477 g/mol. The number of rotatable bonds is 8. The Balaban J connectivity index is 1.68. The minimum Gasteiger partial charge on any atom is -0.493 e. The summed E-state index contributed by atoms with van der Waals surface area (Å²) >= 11 is 6.42. The molecule has 6 nitrogen and oxygen atoms in total. The molecule has 0 N–H and O–H groups in total. The fraction of sp³-hybridized carbons (Fsp3) is 0.440. The first kappa shape index (κ1) is 24.8. The van der Waals surface area contributed by atoms with Crippen LogP contribution in [-0.4, -0.2) is 56.5 Å². The van der Waals surface area contributed by atoms with Gasteiger partial charge in [0.25, 0.3) is 5.91 Å². The third kappa shape index (κ3) is 5.96. The fourth-order valence-electron chi connectivity index (χ4n) is 3.70. The number of halogens is 2. The van der Waals surface area contributed by atoms with Crippen molar-refractivity contribution in [1.29, 1.82) is 0 Å². The van der Waals surface area contributed by atoms with Gasteiger partial charge in [0.05, 0.1) is 24.4 Å². The van der Waals surface area contributed by atoms with E-state index in [1.807, 2.05) is 4.90 Å². The molecule has 1 aliphatic heterocycles. The number of amides is 1. The first-order valence-electron chi connectivity index (χ1n) is 11.1. The van der Waals surface area contributed by atoms with Crippen molar-refractivity contribution in [2.75, 3.05) is 44.8 Å². The number of Topliss-reactive ketones (excluding diaryl/α,β-unsaturated/α-hetero) is 1. The molecule has 0 aromatic heterocycles. The van der Waals surface area contributed by atoms with Crippen molar-refractivity contribution in [2.45, 2.75) is 27.2 Å². The molecule has 0 atom stereocenters. The number of hydrogen-bond acceptors (Lipinski definition) is 5. The standard InChI is InChI=1S/C25H30ClFN2O4/c1-16(2)7-12-33-24-20(26)13-19(15-23(24)32-4)25(31)29-10-8-28(9-11-29)22-6-5-18(17(3)30)14-21(22)27/h5-6,13-16H,7-12H2,1-4H3. The van der Waals surface area contributed by atoms with Gasteiger partial charge in [0.1, 0.15) is 5.82 Å². The molecule has 1 fully saturated rings. The minimum absolute atomic E-state index is 0.170. The van der Waals surface area contributed by atoms with E-state index in [1.54, 1.807) is 29.2 Å². The van der Waals surface area contributed by atoms with E-state index in [2.05, 4.69) is 13.8 Å². The summed E-state index contributed by atoms with van der Waals surface area (Å²) in [7, 11) is 1.51. The smallest absolute Gasteiger partial charge is 0.254 e. The van der Waals surface area contributed by atoms with E-state index < -0.39 is 5.82 Å². The topological polar surface area (TPSA) is 59.1 Å². The predicted octanol–water partition coefficient (Wildman–Crippen LogP) is 5.08. The van der Waals surface area contributed by atoms with Crippen LogP contribution >= 0.6 is 11.6 Å². The summed E-state index contributed by atoms with van der Waals surface area (Å²) in [5.41, 5.74) is 1.19. The number of piperazine rings is 1. The Morgan fingerprint density at radius 1 is 1.09 bits per heavy atom. The van der Waals surface area contributed by atoms with Crippen LogP contribution in [0.5, 0.6) is 11.5 Å². The van der Waals surface area contributed by atoms with Crippen LogP contribution in [0.3, 0.4) is 0 Å². The highest BCUT2D eigenvalue weighted by molar-refractivity contribution is 6.32. The van der Waals surface area contributed by atoms with Crippen molar-refractivity contribution in [3.8, 4) is 11.5 Å². The van der Waals surface area contributed by atoms with Crippen LogP contribution in [-0.2, 0) is 0 Å². The SMILES string of the molecule is COc1cc(C(=O)N2CCN(c3ccc(C(C)=O)cc3F)CC2)cc(Cl)c1OCCC(C)C. The van der Waals surface area contributed by atoms with E-state index in [4.69, 9.17) is 21.1 Å². The van der Waals surface area contributed by atoms with Gasteiger partial charge < -0.3 is 19.3 Å². The second-order valence-corrected chi connectivity index (χ2v) is 8.93. The van der Waals surface area contributed by atoms with Gasteiger partial charge in [-0.25, -0.2) is 4.39 Å². The highest BCUT2D eigenvalue weighted by Gasteiger charge is 2.25. The van der Waals surface area contributed by atoms with E-state index in [-0.39, 0.29) is 11.7 Å². The molecule has 0 spiro atoms. The van der Waals surface area contributed by atoms with Gasteiger partial charge in [-0.15, -0.1) is 0 Å². The number of carbonyl (C=O) groups is 2. The first-order valence-corrected chi connectivity index (χ1v) is 11.4. The molecule has 178 valence electrons. The maximum Gasteiger partial charge on any atom is 0.254 e. The summed E-state index contributed by atoms with van der Waals surface area (Å²) in [5, 5.41) is 0.327. The lowest BCUT2D eigenvalue weighted by Crippen LogP contribution is -2.49. The van der Waals surface area contributed by atoms with E-state index in [0.29, 0.717) is 72.0 Å². The number of benzene rings is 2. The zero-order valence-electron chi connectivity index (χ0n) is 19.5. The number of ether oxygens (including phenoxy) is 2. The van der Waals surface area contributed by atoms with Crippen LogP contribution in [0.1, 0.15) is 47.9 Å². The summed E-state index contributed by atoms with van der Waals surface area (Å²) in [6.45, 7) is 7.95. The van der Waals surface area contributed by atoms with Crippen LogP contribution in [0.2, 0.25) is 5.02 Å². The van der Waals surface area contributed by atoms with Crippen LogP contribution in [0.15, 0.2) is 30.3 Å². The highest BCUT2D eigenvalue weighted by Crippen LogP contribution is 2.37. The van der Waals surface area contributed by atoms with Gasteiger partial charge in [-0.2, -0.15) is 0 Å². The zero-order chi connectivity index (χ0) is 24.1. The Hall–Kier alpha value is -2.80. The number of anilines is 1. The largest absolute Gasteiger partial charge is 0.493 e. The summed E-state index contributed by atoms with van der Waals surface area (Å²) in [6, 6.07) is 7.74. The molecule has 8 heteroatoms. The number of hydrogen-bond donors (Lipinski definition) is 0. The van der Waals surface area contributed by atoms with Gasteiger partial charge in [0.15, 0.2) is 17.3 Å². The fourth-order valence-corrected chi connectivity index (χ4v) is 3.96. The molecule has 1 saturated heterocycles. The normalized spacial score (nSPS) is 13.9. The molecule has 1 amide bonds. The Labute approximate surface area is 199 Å². The maximum atomic E-state index is 14.5. The molecule has 2 aromatic rings. The third-order valence-corrected chi connectivity index (χ3v) is 5.96. The van der Waals surface area contributed by atoms with Gasteiger partial charge in [-0.1, -0.05) is 25.4 Å².